The zero-order valence-corrected chi connectivity index (χ0v) is 16.0. The minimum Gasteiger partial charge on any atom is -0.493 e. The lowest BCUT2D eigenvalue weighted by molar-refractivity contribution is -0.132. The van der Waals surface area contributed by atoms with Crippen molar-refractivity contribution >= 4 is 18.0 Å². The monoisotopic (exact) mass is 407 g/mol. The van der Waals surface area contributed by atoms with E-state index >= 15 is 0 Å². The number of rotatable bonds is 7. The summed E-state index contributed by atoms with van der Waals surface area (Å²) < 4.78 is 24.7. The van der Waals surface area contributed by atoms with Gasteiger partial charge in [0.15, 0.2) is 11.6 Å². The number of halogens is 1. The zero-order chi connectivity index (χ0) is 21.5. The third kappa shape index (κ3) is 5.02. The summed E-state index contributed by atoms with van der Waals surface area (Å²) in [6.45, 7) is 0. The first kappa shape index (κ1) is 20.6. The van der Waals surface area contributed by atoms with Crippen molar-refractivity contribution in [3.63, 3.8) is 0 Å². The topological polar surface area (TPSA) is 84.9 Å². The number of methoxy groups -OCH3 is 1. The lowest BCUT2D eigenvalue weighted by Gasteiger charge is -2.11. The van der Waals surface area contributed by atoms with Crippen LogP contribution in [0.2, 0.25) is 0 Å². The average Bonchev–Trinajstić information content (AvgIpc) is 2.76. The van der Waals surface area contributed by atoms with E-state index in [4.69, 9.17) is 9.47 Å². The SMILES string of the molecule is COc1cccc(F)c1Oc1ccc(C=C(NC(=O)c2ccccc2)C(=O)O)cc1. The van der Waals surface area contributed by atoms with Gasteiger partial charge in [0, 0.05) is 5.56 Å². The van der Waals surface area contributed by atoms with Gasteiger partial charge >= 0.3 is 5.97 Å². The summed E-state index contributed by atoms with van der Waals surface area (Å²) in [4.78, 5) is 23.7. The van der Waals surface area contributed by atoms with Gasteiger partial charge in [0.2, 0.25) is 5.75 Å². The van der Waals surface area contributed by atoms with Crippen LogP contribution in [-0.2, 0) is 4.79 Å². The van der Waals surface area contributed by atoms with Crippen LogP contribution >= 0.6 is 0 Å². The highest BCUT2D eigenvalue weighted by atomic mass is 19.1. The summed E-state index contributed by atoms with van der Waals surface area (Å²) in [7, 11) is 1.41. The summed E-state index contributed by atoms with van der Waals surface area (Å²) in [6.07, 6.45) is 1.32. The van der Waals surface area contributed by atoms with E-state index in [1.807, 2.05) is 0 Å². The molecule has 3 rings (SSSR count). The summed E-state index contributed by atoms with van der Waals surface area (Å²) in [6, 6.07) is 18.9. The third-order valence-corrected chi connectivity index (χ3v) is 4.08. The van der Waals surface area contributed by atoms with Crippen LogP contribution in [0.25, 0.3) is 6.08 Å². The van der Waals surface area contributed by atoms with Gasteiger partial charge in [-0.25, -0.2) is 9.18 Å². The van der Waals surface area contributed by atoms with E-state index in [9.17, 15) is 19.1 Å². The predicted octanol–water partition coefficient (Wildman–Crippen LogP) is 4.48. The summed E-state index contributed by atoms with van der Waals surface area (Å²) in [5.41, 5.74) is 0.564. The zero-order valence-electron chi connectivity index (χ0n) is 16.0. The Morgan fingerprint density at radius 1 is 0.967 bits per heavy atom. The highest BCUT2D eigenvalue weighted by Gasteiger charge is 2.14. The van der Waals surface area contributed by atoms with Crippen molar-refractivity contribution in [1.29, 1.82) is 0 Å². The Bertz CT molecular complexity index is 1080. The summed E-state index contributed by atoms with van der Waals surface area (Å²) >= 11 is 0. The summed E-state index contributed by atoms with van der Waals surface area (Å²) in [5.74, 6) is -1.86. The van der Waals surface area contributed by atoms with E-state index in [-0.39, 0.29) is 17.2 Å². The second kappa shape index (κ2) is 9.38. The van der Waals surface area contributed by atoms with E-state index in [1.54, 1.807) is 60.7 Å². The molecule has 0 heterocycles. The van der Waals surface area contributed by atoms with Crippen LogP contribution in [0.4, 0.5) is 4.39 Å². The number of amides is 1. The van der Waals surface area contributed by atoms with Crippen molar-refractivity contribution in [2.45, 2.75) is 0 Å². The molecule has 0 unspecified atom stereocenters. The Kier molecular flexibility index (Phi) is 6.44. The molecule has 0 radical (unpaired) electrons. The second-order valence-electron chi connectivity index (χ2n) is 6.13. The van der Waals surface area contributed by atoms with E-state index in [0.717, 1.165) is 0 Å². The minimum atomic E-state index is -1.28. The fourth-order valence-corrected chi connectivity index (χ4v) is 2.60. The Morgan fingerprint density at radius 3 is 2.30 bits per heavy atom. The standard InChI is InChI=1S/C23H18FNO5/c1-29-20-9-5-8-18(24)21(20)30-17-12-10-15(11-13-17)14-19(23(27)28)25-22(26)16-6-3-2-4-7-16/h2-14H,1H3,(H,25,26)(H,27,28). The molecule has 0 fully saturated rings. The van der Waals surface area contributed by atoms with Crippen molar-refractivity contribution in [3.05, 3.63) is 95.4 Å². The van der Waals surface area contributed by atoms with Gasteiger partial charge in [-0.1, -0.05) is 36.4 Å². The highest BCUT2D eigenvalue weighted by Crippen LogP contribution is 2.34. The highest BCUT2D eigenvalue weighted by molar-refractivity contribution is 6.02. The Hall–Kier alpha value is -4.13. The van der Waals surface area contributed by atoms with Crippen LogP contribution in [0.5, 0.6) is 17.2 Å². The lowest BCUT2D eigenvalue weighted by atomic mass is 10.1. The van der Waals surface area contributed by atoms with Crippen molar-refractivity contribution in [1.82, 2.24) is 5.32 Å². The van der Waals surface area contributed by atoms with Crippen molar-refractivity contribution in [2.75, 3.05) is 7.11 Å². The van der Waals surface area contributed by atoms with Gasteiger partial charge in [0.1, 0.15) is 11.4 Å². The van der Waals surface area contributed by atoms with Crippen molar-refractivity contribution < 1.29 is 28.6 Å². The molecule has 0 aliphatic heterocycles. The molecule has 6 nitrogen and oxygen atoms in total. The third-order valence-electron chi connectivity index (χ3n) is 4.08. The molecule has 0 bridgehead atoms. The number of hydrogen-bond acceptors (Lipinski definition) is 4. The first-order valence-corrected chi connectivity index (χ1v) is 8.89. The Labute approximate surface area is 172 Å². The van der Waals surface area contributed by atoms with Gasteiger partial charge in [-0.2, -0.15) is 0 Å². The molecule has 0 saturated heterocycles. The van der Waals surface area contributed by atoms with Crippen LogP contribution in [0.3, 0.4) is 0 Å². The predicted molar refractivity (Wildman–Crippen MR) is 109 cm³/mol. The number of hydrogen-bond donors (Lipinski definition) is 2. The van der Waals surface area contributed by atoms with Crippen LogP contribution in [0.1, 0.15) is 15.9 Å². The first-order valence-electron chi connectivity index (χ1n) is 8.89. The molecule has 0 aliphatic carbocycles. The first-order chi connectivity index (χ1) is 14.5. The van der Waals surface area contributed by atoms with Crippen LogP contribution in [0.15, 0.2) is 78.5 Å². The maximum absolute atomic E-state index is 14.0. The molecule has 0 spiro atoms. The maximum Gasteiger partial charge on any atom is 0.352 e. The molecular weight excluding hydrogens is 389 g/mol. The second-order valence-corrected chi connectivity index (χ2v) is 6.13. The number of carbonyl (C=O) groups is 2. The van der Waals surface area contributed by atoms with Gasteiger partial charge in [-0.05, 0) is 48.0 Å². The lowest BCUT2D eigenvalue weighted by Crippen LogP contribution is -2.27. The average molecular weight is 407 g/mol. The van der Waals surface area contributed by atoms with E-state index in [1.165, 1.54) is 25.3 Å². The number of nitrogens with one attached hydrogen (secondary N) is 1. The molecule has 30 heavy (non-hydrogen) atoms. The van der Waals surface area contributed by atoms with E-state index in [0.29, 0.717) is 16.9 Å². The molecule has 3 aromatic carbocycles. The fourth-order valence-electron chi connectivity index (χ4n) is 2.60. The van der Waals surface area contributed by atoms with E-state index in [2.05, 4.69) is 5.32 Å². The number of ether oxygens (including phenoxy) is 2. The van der Waals surface area contributed by atoms with E-state index < -0.39 is 17.7 Å². The van der Waals surface area contributed by atoms with Crippen molar-refractivity contribution in [3.8, 4) is 17.2 Å². The molecule has 1 amide bonds. The van der Waals surface area contributed by atoms with Crippen LogP contribution < -0.4 is 14.8 Å². The van der Waals surface area contributed by atoms with Crippen LogP contribution in [0, 0.1) is 5.82 Å². The smallest absolute Gasteiger partial charge is 0.352 e. The molecule has 3 aromatic rings. The van der Waals surface area contributed by atoms with Gasteiger partial charge in [0.05, 0.1) is 7.11 Å². The molecular formula is C23H18FNO5. The largest absolute Gasteiger partial charge is 0.493 e. The Morgan fingerprint density at radius 2 is 1.67 bits per heavy atom. The number of para-hydroxylation sites is 1. The number of benzene rings is 3. The molecule has 2 N–H and O–H groups in total. The number of carbonyl (C=O) groups excluding carboxylic acids is 1. The number of aliphatic carboxylic acids is 1. The molecule has 0 atom stereocenters. The quantitative estimate of drug-likeness (QED) is 0.564. The maximum atomic E-state index is 14.0. The fraction of sp³-hybridized carbons (Fsp3) is 0.0435. The van der Waals surface area contributed by atoms with Gasteiger partial charge < -0.3 is 19.9 Å². The Balaban J connectivity index is 1.78. The van der Waals surface area contributed by atoms with Crippen molar-refractivity contribution in [2.24, 2.45) is 0 Å². The molecule has 0 saturated carbocycles. The van der Waals surface area contributed by atoms with Gasteiger partial charge in [-0.3, -0.25) is 4.79 Å². The number of carboxylic acids is 1. The molecule has 0 aromatic heterocycles. The molecule has 7 heteroatoms. The molecule has 152 valence electrons. The number of carboxylic acid groups (broad SMARTS) is 1. The van der Waals surface area contributed by atoms with Gasteiger partial charge in [-0.15, -0.1) is 0 Å². The minimum absolute atomic E-state index is 0.0513. The normalized spacial score (nSPS) is 10.9. The summed E-state index contributed by atoms with van der Waals surface area (Å²) in [5, 5.41) is 11.8. The van der Waals surface area contributed by atoms with Crippen LogP contribution in [-0.4, -0.2) is 24.1 Å². The van der Waals surface area contributed by atoms with Gasteiger partial charge in [0.25, 0.3) is 5.91 Å². The molecule has 0 aliphatic rings.